The summed E-state index contributed by atoms with van der Waals surface area (Å²) in [6.07, 6.45) is 0.154. The fourth-order valence-corrected chi connectivity index (χ4v) is 3.30. The molecule has 1 aliphatic rings. The van der Waals surface area contributed by atoms with Crippen LogP contribution in [-0.2, 0) is 9.59 Å². The fraction of sp³-hybridized carbons (Fsp3) is 0.263. The van der Waals surface area contributed by atoms with Gasteiger partial charge >= 0.3 is 0 Å². The monoisotopic (exact) mass is 392 g/mol. The summed E-state index contributed by atoms with van der Waals surface area (Å²) in [6, 6.07) is 10.4. The third-order valence-electron chi connectivity index (χ3n) is 4.38. The van der Waals surface area contributed by atoms with Crippen molar-refractivity contribution in [2.45, 2.75) is 13.3 Å². The number of amides is 2. The van der Waals surface area contributed by atoms with Gasteiger partial charge in [-0.25, -0.2) is 0 Å². The first kappa shape index (κ1) is 18.5. The van der Waals surface area contributed by atoms with Crippen molar-refractivity contribution in [3.05, 3.63) is 52.0 Å². The highest BCUT2D eigenvalue weighted by molar-refractivity contribution is 6.32. The normalized spacial score (nSPS) is 16.7. The number of hydrogen-bond acceptors (Lipinski definition) is 3. The van der Waals surface area contributed by atoms with Crippen molar-refractivity contribution >= 4 is 46.4 Å². The Labute approximate surface area is 161 Å². The van der Waals surface area contributed by atoms with E-state index in [1.165, 1.54) is 7.11 Å². The zero-order valence-corrected chi connectivity index (χ0v) is 15.9. The average Bonchev–Trinajstić information content (AvgIpc) is 2.99. The zero-order valence-electron chi connectivity index (χ0n) is 14.4. The molecule has 7 heteroatoms. The van der Waals surface area contributed by atoms with Gasteiger partial charge in [-0.15, -0.1) is 0 Å². The highest BCUT2D eigenvalue weighted by atomic mass is 35.5. The summed E-state index contributed by atoms with van der Waals surface area (Å²) in [5.41, 5.74) is 2.20. The summed E-state index contributed by atoms with van der Waals surface area (Å²) in [5.74, 6) is -0.232. The van der Waals surface area contributed by atoms with Crippen LogP contribution in [-0.4, -0.2) is 25.5 Å². The molecule has 1 aliphatic heterocycles. The molecule has 2 aromatic rings. The Balaban J connectivity index is 1.70. The molecule has 26 heavy (non-hydrogen) atoms. The van der Waals surface area contributed by atoms with E-state index in [4.69, 9.17) is 27.9 Å². The second kappa shape index (κ2) is 7.56. The topological polar surface area (TPSA) is 58.6 Å². The largest absolute Gasteiger partial charge is 0.495 e. The Hall–Kier alpha value is -2.24. The molecule has 1 heterocycles. The molecule has 0 aromatic heterocycles. The lowest BCUT2D eigenvalue weighted by molar-refractivity contribution is -0.122. The van der Waals surface area contributed by atoms with Crippen LogP contribution < -0.4 is 15.0 Å². The number of methoxy groups -OCH3 is 1. The second-order valence-corrected chi connectivity index (χ2v) is 6.99. The van der Waals surface area contributed by atoms with Crippen molar-refractivity contribution in [3.63, 3.8) is 0 Å². The van der Waals surface area contributed by atoms with Gasteiger partial charge < -0.3 is 15.0 Å². The van der Waals surface area contributed by atoms with Gasteiger partial charge in [0, 0.05) is 29.4 Å². The maximum absolute atomic E-state index is 12.5. The van der Waals surface area contributed by atoms with Gasteiger partial charge in [0.25, 0.3) is 0 Å². The Morgan fingerprint density at radius 3 is 2.62 bits per heavy atom. The number of nitrogens with one attached hydrogen (secondary N) is 1. The standard InChI is InChI=1S/C19H18Cl2N2O3/c1-11-3-5-14(9-15(11)20)23-10-12(7-18(23)24)19(25)22-13-4-6-17(26-2)16(21)8-13/h3-6,8-9,12H,7,10H2,1-2H3,(H,22,25). The summed E-state index contributed by atoms with van der Waals surface area (Å²) in [7, 11) is 1.52. The maximum atomic E-state index is 12.5. The summed E-state index contributed by atoms with van der Waals surface area (Å²) in [4.78, 5) is 26.5. The van der Waals surface area contributed by atoms with Gasteiger partial charge in [0.1, 0.15) is 5.75 Å². The summed E-state index contributed by atoms with van der Waals surface area (Å²) < 4.78 is 5.09. The minimum absolute atomic E-state index is 0.0992. The van der Waals surface area contributed by atoms with Gasteiger partial charge in [-0.05, 0) is 42.8 Å². The van der Waals surface area contributed by atoms with Crippen LogP contribution in [0.1, 0.15) is 12.0 Å². The maximum Gasteiger partial charge on any atom is 0.229 e. The average molecular weight is 393 g/mol. The summed E-state index contributed by atoms with van der Waals surface area (Å²) in [6.45, 7) is 2.21. The first-order valence-corrected chi connectivity index (χ1v) is 8.85. The molecule has 0 radical (unpaired) electrons. The number of ether oxygens (including phenoxy) is 1. The number of nitrogens with zero attached hydrogens (tertiary/aromatic N) is 1. The SMILES string of the molecule is COc1ccc(NC(=O)C2CC(=O)N(c3ccc(C)c(Cl)c3)C2)cc1Cl. The number of rotatable bonds is 4. The van der Waals surface area contributed by atoms with E-state index < -0.39 is 5.92 Å². The van der Waals surface area contributed by atoms with Crippen molar-refractivity contribution in [3.8, 4) is 5.75 Å². The third-order valence-corrected chi connectivity index (χ3v) is 5.08. The van der Waals surface area contributed by atoms with Gasteiger partial charge in [0.05, 0.1) is 18.1 Å². The molecule has 136 valence electrons. The van der Waals surface area contributed by atoms with Crippen LogP contribution in [0.3, 0.4) is 0 Å². The van der Waals surface area contributed by atoms with E-state index in [1.54, 1.807) is 29.2 Å². The molecule has 3 rings (SSSR count). The minimum Gasteiger partial charge on any atom is -0.495 e. The Morgan fingerprint density at radius 2 is 1.96 bits per heavy atom. The molecule has 1 saturated heterocycles. The van der Waals surface area contributed by atoms with Crippen LogP contribution in [0.15, 0.2) is 36.4 Å². The van der Waals surface area contributed by atoms with Gasteiger partial charge in [-0.3, -0.25) is 9.59 Å². The molecule has 1 fully saturated rings. The number of anilines is 2. The number of halogens is 2. The number of benzene rings is 2. The second-order valence-electron chi connectivity index (χ2n) is 6.18. The molecule has 1 N–H and O–H groups in total. The molecule has 0 saturated carbocycles. The molecule has 1 unspecified atom stereocenters. The quantitative estimate of drug-likeness (QED) is 0.843. The van der Waals surface area contributed by atoms with E-state index in [9.17, 15) is 9.59 Å². The number of aryl methyl sites for hydroxylation is 1. The van der Waals surface area contributed by atoms with Crippen LogP contribution in [0.25, 0.3) is 0 Å². The first-order chi connectivity index (χ1) is 12.4. The summed E-state index contributed by atoms with van der Waals surface area (Å²) >= 11 is 12.2. The molecular formula is C19H18Cl2N2O3. The van der Waals surface area contributed by atoms with Crippen molar-refractivity contribution in [2.24, 2.45) is 5.92 Å². The molecule has 0 spiro atoms. The highest BCUT2D eigenvalue weighted by Gasteiger charge is 2.35. The predicted molar refractivity (Wildman–Crippen MR) is 103 cm³/mol. The van der Waals surface area contributed by atoms with Crippen LogP contribution in [0, 0.1) is 12.8 Å². The van der Waals surface area contributed by atoms with Crippen molar-refractivity contribution in [1.82, 2.24) is 0 Å². The van der Waals surface area contributed by atoms with Crippen LogP contribution >= 0.6 is 23.2 Å². The first-order valence-electron chi connectivity index (χ1n) is 8.10. The molecule has 2 aromatic carbocycles. The molecule has 1 atom stereocenters. The van der Waals surface area contributed by atoms with E-state index >= 15 is 0 Å². The zero-order chi connectivity index (χ0) is 18.8. The van der Waals surface area contributed by atoms with Crippen molar-refractivity contribution in [2.75, 3.05) is 23.9 Å². The van der Waals surface area contributed by atoms with E-state index in [0.717, 1.165) is 5.56 Å². The lowest BCUT2D eigenvalue weighted by Crippen LogP contribution is -2.28. The Morgan fingerprint density at radius 1 is 1.19 bits per heavy atom. The van der Waals surface area contributed by atoms with Crippen LogP contribution in [0.4, 0.5) is 11.4 Å². The van der Waals surface area contributed by atoms with Crippen LogP contribution in [0.5, 0.6) is 5.75 Å². The van der Waals surface area contributed by atoms with Gasteiger partial charge in [-0.2, -0.15) is 0 Å². The Bertz CT molecular complexity index is 870. The fourth-order valence-electron chi connectivity index (χ4n) is 2.87. The van der Waals surface area contributed by atoms with E-state index in [-0.39, 0.29) is 18.2 Å². The molecule has 5 nitrogen and oxygen atoms in total. The molecule has 2 amide bonds. The third kappa shape index (κ3) is 3.79. The van der Waals surface area contributed by atoms with Crippen molar-refractivity contribution < 1.29 is 14.3 Å². The molecule has 0 aliphatic carbocycles. The molecule has 0 bridgehead atoms. The van der Waals surface area contributed by atoms with Crippen LogP contribution in [0.2, 0.25) is 10.0 Å². The Kier molecular flexibility index (Phi) is 5.39. The van der Waals surface area contributed by atoms with E-state index in [0.29, 0.717) is 33.7 Å². The smallest absolute Gasteiger partial charge is 0.229 e. The minimum atomic E-state index is -0.441. The van der Waals surface area contributed by atoms with Gasteiger partial charge in [0.2, 0.25) is 11.8 Å². The highest BCUT2D eigenvalue weighted by Crippen LogP contribution is 2.30. The van der Waals surface area contributed by atoms with Crippen molar-refractivity contribution in [1.29, 1.82) is 0 Å². The van der Waals surface area contributed by atoms with Gasteiger partial charge in [-0.1, -0.05) is 29.3 Å². The summed E-state index contributed by atoms with van der Waals surface area (Å²) in [5, 5.41) is 3.80. The number of hydrogen-bond donors (Lipinski definition) is 1. The lowest BCUT2D eigenvalue weighted by Gasteiger charge is -2.17. The van der Waals surface area contributed by atoms with Gasteiger partial charge in [0.15, 0.2) is 0 Å². The number of carbonyl (C=O) groups is 2. The van der Waals surface area contributed by atoms with E-state index in [2.05, 4.69) is 5.32 Å². The number of carbonyl (C=O) groups excluding carboxylic acids is 2. The molecular weight excluding hydrogens is 375 g/mol. The predicted octanol–water partition coefficient (Wildman–Crippen LogP) is 4.30. The van der Waals surface area contributed by atoms with E-state index in [1.807, 2.05) is 19.1 Å². The lowest BCUT2D eigenvalue weighted by atomic mass is 10.1.